The van der Waals surface area contributed by atoms with E-state index in [1.54, 1.807) is 30.3 Å². The maximum absolute atomic E-state index is 12.3. The first-order chi connectivity index (χ1) is 9.08. The standard InChI is InChI=1S/C12H8ClF2N3O/c13-9-8(6-16-11(18-9)10(14)15)12(19)17-7-4-2-1-3-5-7/h1-6,10H,(H,17,19). The third kappa shape index (κ3) is 3.23. The van der Waals surface area contributed by atoms with Crippen LogP contribution in [0.2, 0.25) is 5.15 Å². The van der Waals surface area contributed by atoms with E-state index in [1.807, 2.05) is 0 Å². The molecule has 0 fully saturated rings. The Labute approximate surface area is 112 Å². The lowest BCUT2D eigenvalue weighted by atomic mass is 10.2. The van der Waals surface area contributed by atoms with Crippen molar-refractivity contribution in [1.29, 1.82) is 0 Å². The highest BCUT2D eigenvalue weighted by Crippen LogP contribution is 2.19. The van der Waals surface area contributed by atoms with E-state index in [1.165, 1.54) is 0 Å². The van der Waals surface area contributed by atoms with E-state index in [9.17, 15) is 13.6 Å². The Bertz CT molecular complexity index is 593. The molecule has 1 heterocycles. The summed E-state index contributed by atoms with van der Waals surface area (Å²) in [5.74, 6) is -1.27. The Hall–Kier alpha value is -2.08. The van der Waals surface area contributed by atoms with Gasteiger partial charge in [0.05, 0.1) is 5.56 Å². The van der Waals surface area contributed by atoms with Crippen LogP contribution >= 0.6 is 11.6 Å². The van der Waals surface area contributed by atoms with Crippen LogP contribution in [0, 0.1) is 0 Å². The molecular weight excluding hydrogens is 276 g/mol. The molecule has 0 atom stereocenters. The lowest BCUT2D eigenvalue weighted by molar-refractivity contribution is 0.102. The largest absolute Gasteiger partial charge is 0.322 e. The summed E-state index contributed by atoms with van der Waals surface area (Å²) in [6.45, 7) is 0. The third-order valence-corrected chi connectivity index (χ3v) is 2.52. The number of carbonyl (C=O) groups excluding carboxylic acids is 1. The molecule has 7 heteroatoms. The van der Waals surface area contributed by atoms with E-state index in [0.717, 1.165) is 6.20 Å². The van der Waals surface area contributed by atoms with Gasteiger partial charge < -0.3 is 5.32 Å². The molecule has 0 aliphatic rings. The van der Waals surface area contributed by atoms with Gasteiger partial charge in [-0.05, 0) is 12.1 Å². The molecule has 1 N–H and O–H groups in total. The summed E-state index contributed by atoms with van der Waals surface area (Å²) in [6, 6.07) is 8.64. The minimum Gasteiger partial charge on any atom is -0.322 e. The Morgan fingerprint density at radius 1 is 1.26 bits per heavy atom. The van der Waals surface area contributed by atoms with E-state index in [2.05, 4.69) is 15.3 Å². The summed E-state index contributed by atoms with van der Waals surface area (Å²) in [7, 11) is 0. The van der Waals surface area contributed by atoms with Crippen molar-refractivity contribution in [3.05, 3.63) is 53.1 Å². The fraction of sp³-hybridized carbons (Fsp3) is 0.0833. The Balaban J connectivity index is 2.20. The predicted molar refractivity (Wildman–Crippen MR) is 66.4 cm³/mol. The van der Waals surface area contributed by atoms with Crippen molar-refractivity contribution in [1.82, 2.24) is 9.97 Å². The van der Waals surface area contributed by atoms with Gasteiger partial charge in [-0.2, -0.15) is 0 Å². The van der Waals surface area contributed by atoms with Gasteiger partial charge in [-0.1, -0.05) is 29.8 Å². The summed E-state index contributed by atoms with van der Waals surface area (Å²) in [6.07, 6.45) is -1.85. The Kier molecular flexibility index (Phi) is 4.01. The predicted octanol–water partition coefficient (Wildman–Crippen LogP) is 3.32. The van der Waals surface area contributed by atoms with Gasteiger partial charge in [0.1, 0.15) is 5.15 Å². The molecule has 0 radical (unpaired) electrons. The molecule has 0 aliphatic heterocycles. The average molecular weight is 284 g/mol. The number of para-hydroxylation sites is 1. The van der Waals surface area contributed by atoms with Crippen molar-refractivity contribution in [2.24, 2.45) is 0 Å². The smallest absolute Gasteiger partial charge is 0.297 e. The number of hydrogen-bond acceptors (Lipinski definition) is 3. The van der Waals surface area contributed by atoms with Crippen LogP contribution in [0.25, 0.3) is 0 Å². The molecule has 0 saturated carbocycles. The second-order valence-electron chi connectivity index (χ2n) is 3.55. The molecule has 4 nitrogen and oxygen atoms in total. The van der Waals surface area contributed by atoms with Crippen molar-refractivity contribution in [2.45, 2.75) is 6.43 Å². The molecule has 2 aromatic rings. The topological polar surface area (TPSA) is 54.9 Å². The number of carbonyl (C=O) groups is 1. The summed E-state index contributed by atoms with van der Waals surface area (Å²) in [5.41, 5.74) is 0.497. The second-order valence-corrected chi connectivity index (χ2v) is 3.91. The number of rotatable bonds is 3. The zero-order valence-corrected chi connectivity index (χ0v) is 10.2. The van der Waals surface area contributed by atoms with Crippen LogP contribution in [-0.2, 0) is 0 Å². The summed E-state index contributed by atoms with van der Waals surface area (Å²) in [4.78, 5) is 18.6. The number of benzene rings is 1. The van der Waals surface area contributed by atoms with E-state index in [0.29, 0.717) is 5.69 Å². The Morgan fingerprint density at radius 2 is 1.95 bits per heavy atom. The maximum atomic E-state index is 12.3. The molecule has 19 heavy (non-hydrogen) atoms. The lowest BCUT2D eigenvalue weighted by Crippen LogP contribution is -2.14. The number of aromatic nitrogens is 2. The number of hydrogen-bond donors (Lipinski definition) is 1. The molecule has 98 valence electrons. The first kappa shape index (κ1) is 13.4. The molecule has 1 aromatic carbocycles. The summed E-state index contributed by atoms with van der Waals surface area (Å²) < 4.78 is 24.7. The summed E-state index contributed by atoms with van der Waals surface area (Å²) in [5, 5.41) is 2.25. The van der Waals surface area contributed by atoms with Crippen molar-refractivity contribution in [2.75, 3.05) is 5.32 Å². The molecule has 0 unspecified atom stereocenters. The number of alkyl halides is 2. The maximum Gasteiger partial charge on any atom is 0.297 e. The van der Waals surface area contributed by atoms with Gasteiger partial charge >= 0.3 is 0 Å². The SMILES string of the molecule is O=C(Nc1ccccc1)c1cnc(C(F)F)nc1Cl. The minimum atomic E-state index is -2.83. The highest BCUT2D eigenvalue weighted by Gasteiger charge is 2.17. The van der Waals surface area contributed by atoms with Gasteiger partial charge in [0.25, 0.3) is 12.3 Å². The van der Waals surface area contributed by atoms with Gasteiger partial charge in [0.15, 0.2) is 5.82 Å². The van der Waals surface area contributed by atoms with Gasteiger partial charge in [-0.15, -0.1) is 0 Å². The van der Waals surface area contributed by atoms with Crippen molar-refractivity contribution < 1.29 is 13.6 Å². The summed E-state index contributed by atoms with van der Waals surface area (Å²) >= 11 is 5.69. The number of nitrogens with zero attached hydrogens (tertiary/aromatic N) is 2. The average Bonchev–Trinajstić information content (AvgIpc) is 2.39. The number of nitrogens with one attached hydrogen (secondary N) is 1. The lowest BCUT2D eigenvalue weighted by Gasteiger charge is -2.06. The van der Waals surface area contributed by atoms with Crippen LogP contribution in [0.3, 0.4) is 0 Å². The van der Waals surface area contributed by atoms with E-state index < -0.39 is 18.2 Å². The molecule has 2 rings (SSSR count). The van der Waals surface area contributed by atoms with Crippen LogP contribution in [-0.4, -0.2) is 15.9 Å². The van der Waals surface area contributed by atoms with Gasteiger partial charge in [0, 0.05) is 11.9 Å². The van der Waals surface area contributed by atoms with E-state index in [4.69, 9.17) is 11.6 Å². The van der Waals surface area contributed by atoms with Gasteiger partial charge in [-0.25, -0.2) is 18.7 Å². The number of halogens is 3. The van der Waals surface area contributed by atoms with E-state index >= 15 is 0 Å². The molecular formula is C12H8ClF2N3O. The highest BCUT2D eigenvalue weighted by molar-refractivity contribution is 6.33. The van der Waals surface area contributed by atoms with E-state index in [-0.39, 0.29) is 10.7 Å². The second kappa shape index (κ2) is 5.71. The van der Waals surface area contributed by atoms with Crippen LogP contribution in [0.1, 0.15) is 22.6 Å². The molecule has 0 aliphatic carbocycles. The highest BCUT2D eigenvalue weighted by atomic mass is 35.5. The zero-order valence-electron chi connectivity index (χ0n) is 9.48. The molecule has 0 spiro atoms. The molecule has 0 bridgehead atoms. The molecule has 0 saturated heterocycles. The fourth-order valence-electron chi connectivity index (χ4n) is 1.35. The van der Waals surface area contributed by atoms with Crippen LogP contribution in [0.5, 0.6) is 0 Å². The van der Waals surface area contributed by atoms with Crippen molar-refractivity contribution >= 4 is 23.2 Å². The Morgan fingerprint density at radius 3 is 2.53 bits per heavy atom. The normalized spacial score (nSPS) is 10.5. The number of anilines is 1. The van der Waals surface area contributed by atoms with Crippen LogP contribution < -0.4 is 5.32 Å². The quantitative estimate of drug-likeness (QED) is 0.879. The molecule has 1 aromatic heterocycles. The van der Waals surface area contributed by atoms with Crippen LogP contribution in [0.15, 0.2) is 36.5 Å². The van der Waals surface area contributed by atoms with Gasteiger partial charge in [-0.3, -0.25) is 4.79 Å². The third-order valence-electron chi connectivity index (χ3n) is 2.23. The first-order valence-electron chi connectivity index (χ1n) is 5.25. The first-order valence-corrected chi connectivity index (χ1v) is 5.62. The monoisotopic (exact) mass is 283 g/mol. The minimum absolute atomic E-state index is 0.0603. The van der Waals surface area contributed by atoms with Crippen molar-refractivity contribution in [3.63, 3.8) is 0 Å². The molecule has 1 amide bonds. The zero-order chi connectivity index (χ0) is 13.8. The number of amides is 1. The fourth-order valence-corrected chi connectivity index (χ4v) is 1.57. The van der Waals surface area contributed by atoms with Crippen LogP contribution in [0.4, 0.5) is 14.5 Å². The van der Waals surface area contributed by atoms with Gasteiger partial charge in [0.2, 0.25) is 0 Å². The van der Waals surface area contributed by atoms with Crippen molar-refractivity contribution in [3.8, 4) is 0 Å².